The lowest BCUT2D eigenvalue weighted by atomic mass is 9.34. The second-order valence-corrected chi connectivity index (χ2v) is 22.1. The summed E-state index contributed by atoms with van der Waals surface area (Å²) in [4.78, 5) is 27.6. The van der Waals surface area contributed by atoms with Gasteiger partial charge >= 0.3 is 5.97 Å². The van der Waals surface area contributed by atoms with Crippen LogP contribution in [0.15, 0.2) is 53.3 Å². The highest BCUT2D eigenvalue weighted by Crippen LogP contribution is 2.76. The third-order valence-electron chi connectivity index (χ3n) is 14.9. The summed E-state index contributed by atoms with van der Waals surface area (Å²) in [6.45, 7) is 22.0. The number of methoxy groups -OCH3 is 1. The Labute approximate surface area is 262 Å². The number of carbonyl (C=O) groups is 2. The number of benzene rings is 1. The maximum atomic E-state index is 14.0. The van der Waals surface area contributed by atoms with Gasteiger partial charge in [-0.3, -0.25) is 9.59 Å². The molecule has 7 atom stereocenters. The van der Waals surface area contributed by atoms with Crippen molar-refractivity contribution in [3.8, 4) is 0 Å². The molecule has 234 valence electrons. The fourth-order valence-electron chi connectivity index (χ4n) is 12.1. The second kappa shape index (κ2) is 9.53. The van der Waals surface area contributed by atoms with Gasteiger partial charge in [0.05, 0.1) is 12.5 Å². The molecule has 0 N–H and O–H groups in total. The van der Waals surface area contributed by atoms with Crippen molar-refractivity contribution in [2.75, 3.05) is 7.11 Å². The first-order chi connectivity index (χ1) is 19.9. The molecule has 1 aromatic carbocycles. The van der Waals surface area contributed by atoms with Gasteiger partial charge in [0.2, 0.25) is 0 Å². The zero-order valence-electron chi connectivity index (χ0n) is 28.7. The van der Waals surface area contributed by atoms with Gasteiger partial charge in [-0.1, -0.05) is 114 Å². The van der Waals surface area contributed by atoms with Gasteiger partial charge in [-0.2, -0.15) is 0 Å². The SMILES string of the molecule is COC(=O)[C@]12CCC(C)(C)CC1C1=CCC3[C@@]4(C)C([Si](C)(C)c5ccccc5)=CC(=O)C(C)(C)C4CC[C@@]3(C)[C@]1(C)CC2. The Morgan fingerprint density at radius 1 is 0.884 bits per heavy atom. The van der Waals surface area contributed by atoms with E-state index in [1.807, 2.05) is 0 Å². The molecule has 0 heterocycles. The maximum Gasteiger partial charge on any atom is 0.312 e. The molecular weight excluding hydrogens is 545 g/mol. The first-order valence-corrected chi connectivity index (χ1v) is 20.0. The molecule has 3 nitrogen and oxygen atoms in total. The van der Waals surface area contributed by atoms with E-state index in [0.717, 1.165) is 51.4 Å². The maximum absolute atomic E-state index is 14.0. The lowest BCUT2D eigenvalue weighted by Crippen LogP contribution is -2.67. The third-order valence-corrected chi connectivity index (χ3v) is 18.7. The van der Waals surface area contributed by atoms with Gasteiger partial charge in [0.25, 0.3) is 0 Å². The summed E-state index contributed by atoms with van der Waals surface area (Å²) in [5.74, 6) is 1.37. The van der Waals surface area contributed by atoms with Crippen LogP contribution >= 0.6 is 0 Å². The molecule has 4 heteroatoms. The van der Waals surface area contributed by atoms with Gasteiger partial charge in [-0.25, -0.2) is 0 Å². The number of esters is 1. The molecule has 0 aromatic heterocycles. The molecule has 0 aliphatic heterocycles. The lowest BCUT2D eigenvalue weighted by Gasteiger charge is -2.71. The highest BCUT2D eigenvalue weighted by Gasteiger charge is 2.70. The van der Waals surface area contributed by atoms with E-state index in [1.165, 1.54) is 10.4 Å². The summed E-state index contributed by atoms with van der Waals surface area (Å²) in [5, 5.41) is 2.89. The van der Waals surface area contributed by atoms with Crippen LogP contribution in [0.4, 0.5) is 0 Å². The van der Waals surface area contributed by atoms with Crippen molar-refractivity contribution in [2.45, 2.75) is 113 Å². The van der Waals surface area contributed by atoms with Crippen molar-refractivity contribution in [1.29, 1.82) is 0 Å². The van der Waals surface area contributed by atoms with Crippen molar-refractivity contribution < 1.29 is 14.3 Å². The van der Waals surface area contributed by atoms with Gasteiger partial charge in [0.1, 0.15) is 8.07 Å². The Balaban J connectivity index is 1.53. The van der Waals surface area contributed by atoms with Crippen LogP contribution in [0.3, 0.4) is 0 Å². The quantitative estimate of drug-likeness (QED) is 0.198. The summed E-state index contributed by atoms with van der Waals surface area (Å²) in [7, 11) is -0.569. The Kier molecular flexibility index (Phi) is 6.89. The minimum absolute atomic E-state index is 0.0206. The third kappa shape index (κ3) is 3.96. The Bertz CT molecular complexity index is 1400. The number of carbonyl (C=O) groups excluding carboxylic acids is 2. The Morgan fingerprint density at radius 2 is 1.53 bits per heavy atom. The van der Waals surface area contributed by atoms with Crippen molar-refractivity contribution in [1.82, 2.24) is 0 Å². The van der Waals surface area contributed by atoms with E-state index in [2.05, 4.69) is 104 Å². The van der Waals surface area contributed by atoms with Crippen LogP contribution in [0.1, 0.15) is 99.8 Å². The summed E-state index contributed by atoms with van der Waals surface area (Å²) in [6.07, 6.45) is 13.1. The Hall–Kier alpha value is -1.94. The molecule has 6 rings (SSSR count). The number of hydrogen-bond acceptors (Lipinski definition) is 3. The molecule has 5 aliphatic carbocycles. The Morgan fingerprint density at radius 3 is 2.19 bits per heavy atom. The zero-order valence-corrected chi connectivity index (χ0v) is 29.7. The molecule has 0 amide bonds. The molecule has 0 radical (unpaired) electrons. The number of rotatable bonds is 3. The molecule has 1 aromatic rings. The zero-order chi connectivity index (χ0) is 31.4. The fraction of sp³-hybridized carbons (Fsp3) is 0.692. The second-order valence-electron chi connectivity index (χ2n) is 17.8. The number of hydrogen-bond donors (Lipinski definition) is 0. The van der Waals surface area contributed by atoms with Gasteiger partial charge in [-0.15, -0.1) is 0 Å². The van der Waals surface area contributed by atoms with E-state index in [0.29, 0.717) is 17.6 Å². The van der Waals surface area contributed by atoms with Crippen molar-refractivity contribution >= 4 is 25.0 Å². The average molecular weight is 601 g/mol. The van der Waals surface area contributed by atoms with Crippen LogP contribution in [0.25, 0.3) is 0 Å². The molecular formula is C39H56O3Si. The predicted octanol–water partition coefficient (Wildman–Crippen LogP) is 8.83. The van der Waals surface area contributed by atoms with E-state index in [-0.39, 0.29) is 44.4 Å². The average Bonchev–Trinajstić information content (AvgIpc) is 2.95. The van der Waals surface area contributed by atoms with Crippen LogP contribution in [0.2, 0.25) is 13.1 Å². The van der Waals surface area contributed by atoms with Crippen molar-refractivity contribution in [3.05, 3.63) is 53.3 Å². The van der Waals surface area contributed by atoms with Gasteiger partial charge in [0, 0.05) is 5.41 Å². The van der Waals surface area contributed by atoms with Crippen LogP contribution in [-0.4, -0.2) is 26.9 Å². The van der Waals surface area contributed by atoms with E-state index < -0.39 is 8.07 Å². The fourth-order valence-corrected chi connectivity index (χ4v) is 15.6. The lowest BCUT2D eigenvalue weighted by molar-refractivity contribution is -0.177. The molecule has 43 heavy (non-hydrogen) atoms. The minimum atomic E-state index is -2.16. The van der Waals surface area contributed by atoms with Crippen LogP contribution in [-0.2, 0) is 14.3 Å². The standard InChI is InChI=1S/C39H56O3Si/c1-34(2)20-22-39(33(41)42-8)23-21-36(5)27(28(39)25-34)16-17-30-37(36,6)19-18-29-35(3,4)31(40)24-32(38(29,30)7)43(9,10)26-14-12-11-13-15-26/h11-16,24,28-30H,17-23,25H2,1-10H3/t28?,29?,30?,36-,37-,38+,39+/m1/s1. The summed E-state index contributed by atoms with van der Waals surface area (Å²) < 4.78 is 5.57. The van der Waals surface area contributed by atoms with Crippen molar-refractivity contribution in [3.63, 3.8) is 0 Å². The molecule has 3 unspecified atom stereocenters. The van der Waals surface area contributed by atoms with Crippen LogP contribution < -0.4 is 5.19 Å². The number of ether oxygens (including phenoxy) is 1. The molecule has 3 saturated carbocycles. The highest BCUT2D eigenvalue weighted by atomic mass is 28.3. The first-order valence-electron chi connectivity index (χ1n) is 17.0. The normalized spacial score (nSPS) is 41.4. The summed E-state index contributed by atoms with van der Waals surface area (Å²) >= 11 is 0. The van der Waals surface area contributed by atoms with E-state index in [9.17, 15) is 9.59 Å². The van der Waals surface area contributed by atoms with Gasteiger partial charge in [0.15, 0.2) is 5.78 Å². The van der Waals surface area contributed by atoms with Crippen LogP contribution in [0.5, 0.6) is 0 Å². The highest BCUT2D eigenvalue weighted by molar-refractivity contribution is 6.96. The monoisotopic (exact) mass is 600 g/mol. The molecule has 3 fully saturated rings. The molecule has 0 spiro atoms. The number of ketones is 1. The topological polar surface area (TPSA) is 43.4 Å². The predicted molar refractivity (Wildman–Crippen MR) is 178 cm³/mol. The first kappa shape index (κ1) is 31.1. The summed E-state index contributed by atoms with van der Waals surface area (Å²) in [5.41, 5.74) is 1.07. The van der Waals surface area contributed by atoms with Crippen LogP contribution in [0, 0.1) is 50.2 Å². The van der Waals surface area contributed by atoms with Gasteiger partial charge in [-0.05, 0) is 96.9 Å². The molecule has 5 aliphatic rings. The largest absolute Gasteiger partial charge is 0.469 e. The van der Waals surface area contributed by atoms with E-state index in [4.69, 9.17) is 4.74 Å². The van der Waals surface area contributed by atoms with Crippen molar-refractivity contribution in [2.24, 2.45) is 50.2 Å². The van der Waals surface area contributed by atoms with Gasteiger partial charge < -0.3 is 4.74 Å². The number of fused-ring (bicyclic) bond motifs is 7. The minimum Gasteiger partial charge on any atom is -0.469 e. The number of allylic oxidation sites excluding steroid dienone is 4. The molecule has 0 bridgehead atoms. The van der Waals surface area contributed by atoms with E-state index >= 15 is 0 Å². The smallest absolute Gasteiger partial charge is 0.312 e. The summed E-state index contributed by atoms with van der Waals surface area (Å²) in [6, 6.07) is 11.0. The molecule has 0 saturated heterocycles. The van der Waals surface area contributed by atoms with E-state index in [1.54, 1.807) is 12.7 Å².